The first-order chi connectivity index (χ1) is 10.3. The topological polar surface area (TPSA) is 54.5 Å². The van der Waals surface area contributed by atoms with Gasteiger partial charge in [-0.05, 0) is 18.4 Å². The molecule has 0 bridgehead atoms. The largest absolute Gasteiger partial charge is 0.239 e. The van der Waals surface area contributed by atoms with E-state index in [1.54, 1.807) is 16.4 Å². The van der Waals surface area contributed by atoms with Crippen LogP contribution in [0, 0.1) is 11.8 Å². The van der Waals surface area contributed by atoms with E-state index in [1.807, 2.05) is 30.3 Å². The molecule has 0 N–H and O–H groups in total. The molecule has 0 saturated heterocycles. The average molecular weight is 302 g/mol. The third-order valence-electron chi connectivity index (χ3n) is 3.62. The monoisotopic (exact) mass is 302 g/mol. The summed E-state index contributed by atoms with van der Waals surface area (Å²) in [7, 11) is 0. The van der Waals surface area contributed by atoms with Gasteiger partial charge in [-0.1, -0.05) is 42.1 Å². The predicted molar refractivity (Wildman–Crippen MR) is 78.6 cm³/mol. The number of fused-ring (bicyclic) bond motifs is 1. The van der Waals surface area contributed by atoms with Gasteiger partial charge in [0.25, 0.3) is 0 Å². The van der Waals surface area contributed by atoms with Gasteiger partial charge in [0.15, 0.2) is 12.0 Å². The highest BCUT2D eigenvalue weighted by Gasteiger charge is 2.36. The smallest absolute Gasteiger partial charge is 0.209 e. The zero-order chi connectivity index (χ0) is 14.8. The predicted octanol–water partition coefficient (Wildman–Crippen LogP) is 3.68. The molecule has 1 aromatic carbocycles. The van der Waals surface area contributed by atoms with E-state index in [0.29, 0.717) is 17.5 Å². The van der Waals surface area contributed by atoms with Crippen LogP contribution in [0.15, 0.2) is 35.5 Å². The van der Waals surface area contributed by atoms with Crippen LogP contribution in [-0.2, 0) is 0 Å². The molecule has 21 heavy (non-hydrogen) atoms. The van der Waals surface area contributed by atoms with Crippen LogP contribution in [0.3, 0.4) is 0 Å². The molecule has 1 aromatic heterocycles. The molecule has 1 saturated carbocycles. The van der Waals surface area contributed by atoms with E-state index in [0.717, 1.165) is 10.7 Å². The summed E-state index contributed by atoms with van der Waals surface area (Å²) in [6, 6.07) is 9.99. The summed E-state index contributed by atoms with van der Waals surface area (Å²) in [5.41, 5.74) is 1.11. The molecule has 2 aliphatic rings. The summed E-state index contributed by atoms with van der Waals surface area (Å²) >= 11 is 1.68. The number of halogens is 1. The first-order valence-electron chi connectivity index (χ1n) is 6.89. The summed E-state index contributed by atoms with van der Waals surface area (Å²) in [5.74, 6) is 0.497. The van der Waals surface area contributed by atoms with Gasteiger partial charge in [-0.2, -0.15) is 0 Å². The Labute approximate surface area is 127 Å². The number of hydrogen-bond donors (Lipinski definition) is 0. The maximum atomic E-state index is 14.1. The third-order valence-corrected chi connectivity index (χ3v) is 4.81. The minimum absolute atomic E-state index is 0.00717. The summed E-state index contributed by atoms with van der Waals surface area (Å²) in [5, 5.41) is 12.4. The second kappa shape index (κ2) is 5.86. The maximum absolute atomic E-state index is 14.1. The SMILES string of the molecule is C#N.FC1CC(c2ccccc2)n2nc(SC3CC3)nc21. The van der Waals surface area contributed by atoms with Crippen LogP contribution >= 0.6 is 11.8 Å². The Morgan fingerprint density at radius 1 is 1.24 bits per heavy atom. The van der Waals surface area contributed by atoms with Crippen molar-refractivity contribution in [3.05, 3.63) is 41.7 Å². The molecule has 0 spiro atoms. The van der Waals surface area contributed by atoms with Gasteiger partial charge < -0.3 is 0 Å². The molecule has 0 radical (unpaired) electrons. The van der Waals surface area contributed by atoms with Crippen LogP contribution in [0.25, 0.3) is 0 Å². The number of hydrogen-bond acceptors (Lipinski definition) is 4. The fourth-order valence-electron chi connectivity index (χ4n) is 2.50. The standard InChI is InChI=1S/C14H14FN3S.CHN/c15-11-8-12(9-4-2-1-3-5-9)18-13(11)16-14(17-18)19-10-6-7-10;1-2/h1-5,10-12H,6-8H2;1H. The van der Waals surface area contributed by atoms with Crippen molar-refractivity contribution >= 4 is 11.8 Å². The van der Waals surface area contributed by atoms with E-state index in [2.05, 4.69) is 16.7 Å². The van der Waals surface area contributed by atoms with Gasteiger partial charge in [-0.15, -0.1) is 5.10 Å². The van der Waals surface area contributed by atoms with Crippen LogP contribution < -0.4 is 0 Å². The number of aromatic nitrogens is 3. The highest BCUT2D eigenvalue weighted by Crippen LogP contribution is 2.43. The van der Waals surface area contributed by atoms with Crippen molar-refractivity contribution < 1.29 is 4.39 Å². The first-order valence-corrected chi connectivity index (χ1v) is 7.77. The lowest BCUT2D eigenvalue weighted by molar-refractivity contribution is 0.327. The van der Waals surface area contributed by atoms with E-state index in [1.165, 1.54) is 12.8 Å². The van der Waals surface area contributed by atoms with Gasteiger partial charge in [-0.3, -0.25) is 0 Å². The highest BCUT2D eigenvalue weighted by atomic mass is 32.2. The van der Waals surface area contributed by atoms with Crippen LogP contribution in [0.1, 0.15) is 42.9 Å². The average Bonchev–Trinajstić information content (AvgIpc) is 3.16. The lowest BCUT2D eigenvalue weighted by atomic mass is 10.0. The Kier molecular flexibility index (Phi) is 3.93. The van der Waals surface area contributed by atoms with E-state index in [4.69, 9.17) is 5.26 Å². The molecule has 2 unspecified atom stereocenters. The van der Waals surface area contributed by atoms with Gasteiger partial charge >= 0.3 is 0 Å². The quantitative estimate of drug-likeness (QED) is 0.868. The number of alkyl halides is 1. The van der Waals surface area contributed by atoms with Crippen molar-refractivity contribution in [2.45, 2.75) is 41.9 Å². The molecular weight excluding hydrogens is 287 g/mol. The molecule has 4 nitrogen and oxygen atoms in total. The van der Waals surface area contributed by atoms with E-state index >= 15 is 0 Å². The molecular formula is C15H15FN4S. The van der Waals surface area contributed by atoms with Gasteiger partial charge in [0.05, 0.1) is 6.04 Å². The molecule has 6 heteroatoms. The fraction of sp³-hybridized carbons (Fsp3) is 0.400. The molecule has 2 heterocycles. The molecule has 2 atom stereocenters. The molecule has 108 valence electrons. The number of benzene rings is 1. The Morgan fingerprint density at radius 2 is 1.95 bits per heavy atom. The fourth-order valence-corrected chi connectivity index (χ4v) is 3.45. The molecule has 4 rings (SSSR count). The van der Waals surface area contributed by atoms with Crippen molar-refractivity contribution in [3.8, 4) is 6.57 Å². The van der Waals surface area contributed by atoms with Crippen LogP contribution in [0.2, 0.25) is 0 Å². The van der Waals surface area contributed by atoms with Gasteiger partial charge in [-0.25, -0.2) is 19.3 Å². The summed E-state index contributed by atoms with van der Waals surface area (Å²) in [4.78, 5) is 4.37. The number of nitrogens with zero attached hydrogens (tertiary/aromatic N) is 4. The lowest BCUT2D eigenvalue weighted by Gasteiger charge is -2.11. The minimum Gasteiger partial charge on any atom is -0.239 e. The zero-order valence-corrected chi connectivity index (χ0v) is 12.2. The van der Waals surface area contributed by atoms with Gasteiger partial charge in [0, 0.05) is 18.2 Å². The number of thioether (sulfide) groups is 1. The second-order valence-electron chi connectivity index (χ2n) is 5.14. The molecule has 1 fully saturated rings. The Hall–Kier alpha value is -1.87. The van der Waals surface area contributed by atoms with E-state index in [9.17, 15) is 4.39 Å². The van der Waals surface area contributed by atoms with Crippen molar-refractivity contribution in [2.75, 3.05) is 0 Å². The van der Waals surface area contributed by atoms with Crippen molar-refractivity contribution in [1.29, 1.82) is 5.26 Å². The van der Waals surface area contributed by atoms with Crippen LogP contribution in [0.5, 0.6) is 0 Å². The lowest BCUT2D eigenvalue weighted by Crippen LogP contribution is -2.07. The Balaban J connectivity index is 0.000000636. The Morgan fingerprint density at radius 3 is 2.62 bits per heavy atom. The number of nitriles is 1. The molecule has 1 aliphatic carbocycles. The van der Waals surface area contributed by atoms with Crippen molar-refractivity contribution in [3.63, 3.8) is 0 Å². The molecule has 0 amide bonds. The Bertz CT molecular complexity index is 636. The minimum atomic E-state index is -0.994. The summed E-state index contributed by atoms with van der Waals surface area (Å²) < 4.78 is 15.9. The van der Waals surface area contributed by atoms with Crippen molar-refractivity contribution in [1.82, 2.24) is 14.8 Å². The third kappa shape index (κ3) is 2.79. The normalized spacial score (nSPS) is 23.2. The first kappa shape index (κ1) is 14.1. The summed E-state index contributed by atoms with van der Waals surface area (Å²) in [6.45, 7) is 3.50. The van der Waals surface area contributed by atoms with Crippen molar-refractivity contribution in [2.24, 2.45) is 0 Å². The van der Waals surface area contributed by atoms with Crippen LogP contribution in [-0.4, -0.2) is 20.0 Å². The highest BCUT2D eigenvalue weighted by molar-refractivity contribution is 8.00. The zero-order valence-electron chi connectivity index (χ0n) is 11.4. The van der Waals surface area contributed by atoms with Crippen LogP contribution in [0.4, 0.5) is 4.39 Å². The summed E-state index contributed by atoms with van der Waals surface area (Å²) in [6.07, 6.45) is 1.92. The van der Waals surface area contributed by atoms with Gasteiger partial charge in [0.1, 0.15) is 0 Å². The van der Waals surface area contributed by atoms with E-state index in [-0.39, 0.29) is 6.04 Å². The second-order valence-corrected chi connectivity index (χ2v) is 6.41. The van der Waals surface area contributed by atoms with Gasteiger partial charge in [0.2, 0.25) is 5.16 Å². The molecule has 1 aliphatic heterocycles. The molecule has 2 aromatic rings. The number of rotatable bonds is 3. The maximum Gasteiger partial charge on any atom is 0.209 e. The van der Waals surface area contributed by atoms with E-state index < -0.39 is 6.17 Å².